The topological polar surface area (TPSA) is 53.8 Å². The lowest BCUT2D eigenvalue weighted by atomic mass is 9.71. The van der Waals surface area contributed by atoms with E-state index in [0.717, 1.165) is 18.5 Å². The highest BCUT2D eigenvalue weighted by Crippen LogP contribution is 2.35. The molecule has 1 unspecified atom stereocenters. The van der Waals surface area contributed by atoms with Gasteiger partial charge in [-0.2, -0.15) is 5.26 Å². The van der Waals surface area contributed by atoms with Crippen LogP contribution in [0.15, 0.2) is 10.9 Å². The van der Waals surface area contributed by atoms with Gasteiger partial charge >= 0.3 is 0 Å². The van der Waals surface area contributed by atoms with Gasteiger partial charge in [0.15, 0.2) is 5.78 Å². The molecule has 0 radical (unpaired) electrons. The predicted octanol–water partition coefficient (Wildman–Crippen LogP) is 2.34. The molecule has 1 aliphatic carbocycles. The van der Waals surface area contributed by atoms with Crippen molar-refractivity contribution in [3.8, 4) is 6.07 Å². The van der Waals surface area contributed by atoms with Crippen molar-refractivity contribution in [1.29, 1.82) is 5.26 Å². The Morgan fingerprint density at radius 3 is 3.07 bits per heavy atom. The third-order valence-corrected chi connectivity index (χ3v) is 3.61. The number of nitrogens with zero attached hydrogens (tertiary/aromatic N) is 2. The summed E-state index contributed by atoms with van der Waals surface area (Å²) in [6, 6.07) is 2.22. The Morgan fingerprint density at radius 2 is 2.47 bits per heavy atom. The van der Waals surface area contributed by atoms with Crippen LogP contribution in [-0.2, 0) is 11.2 Å². The lowest BCUT2D eigenvalue weighted by molar-refractivity contribution is -0.128. The van der Waals surface area contributed by atoms with E-state index >= 15 is 0 Å². The number of thiazole rings is 1. The molecule has 0 N–H and O–H groups in total. The van der Waals surface area contributed by atoms with Gasteiger partial charge in [0.25, 0.3) is 0 Å². The molecule has 1 fully saturated rings. The average molecular weight is 220 g/mol. The van der Waals surface area contributed by atoms with Gasteiger partial charge in [0.1, 0.15) is 5.41 Å². The first-order valence-corrected chi connectivity index (χ1v) is 6.03. The van der Waals surface area contributed by atoms with Crippen LogP contribution in [0.2, 0.25) is 0 Å². The number of rotatable bonds is 2. The smallest absolute Gasteiger partial charge is 0.153 e. The average Bonchev–Trinajstić information content (AvgIpc) is 2.74. The Balaban J connectivity index is 2.21. The van der Waals surface area contributed by atoms with E-state index in [9.17, 15) is 10.1 Å². The summed E-state index contributed by atoms with van der Waals surface area (Å²) in [4.78, 5) is 16.0. The maximum atomic E-state index is 11.8. The fraction of sp³-hybridized carbons (Fsp3) is 0.545. The van der Waals surface area contributed by atoms with Crippen LogP contribution in [0.25, 0.3) is 0 Å². The van der Waals surface area contributed by atoms with E-state index in [4.69, 9.17) is 0 Å². The molecule has 4 heteroatoms. The summed E-state index contributed by atoms with van der Waals surface area (Å²) in [6.45, 7) is 0. The first-order valence-electron chi connectivity index (χ1n) is 5.08. The summed E-state index contributed by atoms with van der Waals surface area (Å²) in [5.74, 6) is 0.101. The SMILES string of the molecule is N#CC1(Cc2cscn2)CCCCC1=O. The van der Waals surface area contributed by atoms with Crippen LogP contribution in [0.4, 0.5) is 0 Å². The van der Waals surface area contributed by atoms with Crippen molar-refractivity contribution in [3.63, 3.8) is 0 Å². The minimum atomic E-state index is -0.785. The normalized spacial score (nSPS) is 26.2. The maximum absolute atomic E-state index is 11.8. The summed E-state index contributed by atoms with van der Waals surface area (Å²) in [6.07, 6.45) is 3.64. The van der Waals surface area contributed by atoms with Gasteiger partial charge in [-0.3, -0.25) is 4.79 Å². The lowest BCUT2D eigenvalue weighted by Gasteiger charge is -2.28. The van der Waals surface area contributed by atoms with E-state index in [1.165, 1.54) is 11.3 Å². The van der Waals surface area contributed by atoms with E-state index in [0.29, 0.717) is 19.3 Å². The third kappa shape index (κ3) is 1.93. The van der Waals surface area contributed by atoms with Crippen molar-refractivity contribution in [2.45, 2.75) is 32.1 Å². The second kappa shape index (κ2) is 4.11. The number of Topliss-reactive ketones (excluding diaryl/α,β-unsaturated/α-hetero) is 1. The van der Waals surface area contributed by atoms with Crippen LogP contribution < -0.4 is 0 Å². The molecule has 1 atom stereocenters. The fourth-order valence-corrected chi connectivity index (χ4v) is 2.63. The first-order chi connectivity index (χ1) is 7.27. The van der Waals surface area contributed by atoms with Gasteiger partial charge in [0.2, 0.25) is 0 Å². The summed E-state index contributed by atoms with van der Waals surface area (Å²) < 4.78 is 0. The highest BCUT2D eigenvalue weighted by Gasteiger charge is 2.40. The molecule has 0 amide bonds. The van der Waals surface area contributed by atoms with Gasteiger partial charge in [-0.05, 0) is 12.8 Å². The van der Waals surface area contributed by atoms with Crippen LogP contribution in [0.3, 0.4) is 0 Å². The fourth-order valence-electron chi connectivity index (χ4n) is 2.07. The van der Waals surface area contributed by atoms with Gasteiger partial charge in [-0.25, -0.2) is 4.98 Å². The third-order valence-electron chi connectivity index (χ3n) is 2.97. The Bertz CT molecular complexity index is 393. The van der Waals surface area contributed by atoms with E-state index in [1.54, 1.807) is 5.51 Å². The molecule has 1 aliphatic rings. The van der Waals surface area contributed by atoms with Crippen molar-refractivity contribution in [3.05, 3.63) is 16.6 Å². The van der Waals surface area contributed by atoms with Gasteiger partial charge in [-0.1, -0.05) is 6.42 Å². The monoisotopic (exact) mass is 220 g/mol. The minimum absolute atomic E-state index is 0.101. The van der Waals surface area contributed by atoms with Crippen molar-refractivity contribution in [2.24, 2.45) is 5.41 Å². The maximum Gasteiger partial charge on any atom is 0.153 e. The largest absolute Gasteiger partial charge is 0.298 e. The molecule has 0 aliphatic heterocycles. The van der Waals surface area contributed by atoms with E-state index in [-0.39, 0.29) is 5.78 Å². The zero-order valence-corrected chi connectivity index (χ0v) is 9.22. The Labute approximate surface area is 92.8 Å². The number of carbonyl (C=O) groups is 1. The second-order valence-corrected chi connectivity index (χ2v) is 4.70. The molecule has 0 spiro atoms. The van der Waals surface area contributed by atoms with Gasteiger partial charge < -0.3 is 0 Å². The number of ketones is 1. The molecule has 0 saturated heterocycles. The summed E-state index contributed by atoms with van der Waals surface area (Å²) >= 11 is 1.51. The van der Waals surface area contributed by atoms with E-state index in [1.807, 2.05) is 5.38 Å². The van der Waals surface area contributed by atoms with Crippen molar-refractivity contribution in [1.82, 2.24) is 4.98 Å². The van der Waals surface area contributed by atoms with Crippen molar-refractivity contribution >= 4 is 17.1 Å². The van der Waals surface area contributed by atoms with Crippen LogP contribution >= 0.6 is 11.3 Å². The van der Waals surface area contributed by atoms with Crippen molar-refractivity contribution < 1.29 is 4.79 Å². The standard InChI is InChI=1S/C11H12N2OS/c12-7-11(4-2-1-3-10(11)14)5-9-6-15-8-13-9/h6,8H,1-5H2. The first kappa shape index (κ1) is 10.3. The highest BCUT2D eigenvalue weighted by molar-refractivity contribution is 7.07. The number of carbonyl (C=O) groups excluding carboxylic acids is 1. The molecule has 1 aromatic heterocycles. The van der Waals surface area contributed by atoms with Gasteiger partial charge in [0.05, 0.1) is 17.3 Å². The van der Waals surface area contributed by atoms with Gasteiger partial charge in [0, 0.05) is 18.2 Å². The Hall–Kier alpha value is -1.21. The van der Waals surface area contributed by atoms with Crippen LogP contribution in [-0.4, -0.2) is 10.8 Å². The van der Waals surface area contributed by atoms with Crippen LogP contribution in [0.1, 0.15) is 31.4 Å². The molecule has 15 heavy (non-hydrogen) atoms. The van der Waals surface area contributed by atoms with Crippen molar-refractivity contribution in [2.75, 3.05) is 0 Å². The molecular formula is C11H12N2OS. The predicted molar refractivity (Wildman–Crippen MR) is 57.3 cm³/mol. The molecule has 0 aromatic carbocycles. The summed E-state index contributed by atoms with van der Waals surface area (Å²) in [7, 11) is 0. The Morgan fingerprint density at radius 1 is 1.60 bits per heavy atom. The molecule has 1 saturated carbocycles. The molecule has 3 nitrogen and oxygen atoms in total. The second-order valence-electron chi connectivity index (χ2n) is 3.98. The van der Waals surface area contributed by atoms with Crippen LogP contribution in [0, 0.1) is 16.7 Å². The quantitative estimate of drug-likeness (QED) is 0.768. The molecule has 2 rings (SSSR count). The van der Waals surface area contributed by atoms with Gasteiger partial charge in [-0.15, -0.1) is 11.3 Å². The van der Waals surface area contributed by atoms with E-state index < -0.39 is 5.41 Å². The number of aromatic nitrogens is 1. The van der Waals surface area contributed by atoms with E-state index in [2.05, 4.69) is 11.1 Å². The Kier molecular flexibility index (Phi) is 2.83. The summed E-state index contributed by atoms with van der Waals surface area (Å²) in [5, 5.41) is 11.1. The zero-order valence-electron chi connectivity index (χ0n) is 8.40. The number of hydrogen-bond acceptors (Lipinski definition) is 4. The molecule has 78 valence electrons. The van der Waals surface area contributed by atoms with Crippen LogP contribution in [0.5, 0.6) is 0 Å². The molecule has 0 bridgehead atoms. The minimum Gasteiger partial charge on any atom is -0.298 e. The highest BCUT2D eigenvalue weighted by atomic mass is 32.1. The summed E-state index contributed by atoms with van der Waals surface area (Å²) in [5.41, 5.74) is 1.83. The molecule has 1 heterocycles. The molecular weight excluding hydrogens is 208 g/mol. The lowest BCUT2D eigenvalue weighted by Crippen LogP contribution is -2.35. The number of nitriles is 1. The molecule has 1 aromatic rings. The zero-order chi connectivity index (χ0) is 10.7. The number of hydrogen-bond donors (Lipinski definition) is 0.